The third kappa shape index (κ3) is 7.34. The second kappa shape index (κ2) is 12.9. The first-order chi connectivity index (χ1) is 18.0. The number of halogens is 1. The quantitative estimate of drug-likeness (QED) is 0.264. The van der Waals surface area contributed by atoms with Gasteiger partial charge in [-0.05, 0) is 80.3 Å². The van der Waals surface area contributed by atoms with Crippen LogP contribution in [-0.2, 0) is 21.4 Å². The molecule has 38 heavy (non-hydrogen) atoms. The third-order valence-corrected chi connectivity index (χ3v) is 8.03. The number of sulfonamides is 1. The lowest BCUT2D eigenvalue weighted by atomic mass is 10.1. The molecule has 0 aliphatic carbocycles. The summed E-state index contributed by atoms with van der Waals surface area (Å²) in [6, 6.07) is 15.7. The van der Waals surface area contributed by atoms with Gasteiger partial charge in [0.1, 0.15) is 0 Å². The van der Waals surface area contributed by atoms with Crippen molar-refractivity contribution in [2.75, 3.05) is 20.3 Å². The van der Waals surface area contributed by atoms with Crippen LogP contribution >= 0.6 is 11.6 Å². The molecule has 0 heterocycles. The first-order valence-electron chi connectivity index (χ1n) is 12.0. The number of amides is 1. The normalized spacial score (nSPS) is 11.7. The van der Waals surface area contributed by atoms with Crippen molar-refractivity contribution in [3.8, 4) is 11.5 Å². The fraction of sp³-hybridized carbons (Fsp3) is 0.286. The number of nitrogens with zero attached hydrogens (tertiary/aromatic N) is 2. The van der Waals surface area contributed by atoms with Crippen LogP contribution < -0.4 is 14.9 Å². The maximum absolute atomic E-state index is 13.8. The lowest BCUT2D eigenvalue weighted by Crippen LogP contribution is -2.39. The number of carbonyl (C=O) groups excluding carboxylic acids is 1. The average Bonchev–Trinajstić information content (AvgIpc) is 2.85. The highest BCUT2D eigenvalue weighted by molar-refractivity contribution is 7.89. The molecule has 3 aromatic carbocycles. The summed E-state index contributed by atoms with van der Waals surface area (Å²) in [4.78, 5) is 13.0. The van der Waals surface area contributed by atoms with Crippen molar-refractivity contribution in [3.63, 3.8) is 0 Å². The molecular weight excluding hydrogens is 526 g/mol. The van der Waals surface area contributed by atoms with Crippen LogP contribution in [0.25, 0.3) is 0 Å². The van der Waals surface area contributed by atoms with E-state index in [0.717, 1.165) is 9.87 Å². The number of methoxy groups -OCH3 is 1. The summed E-state index contributed by atoms with van der Waals surface area (Å²) in [5.74, 6) is 0.547. The number of carbonyl (C=O) groups is 1. The van der Waals surface area contributed by atoms with Crippen molar-refractivity contribution in [1.82, 2.24) is 9.73 Å². The Balaban J connectivity index is 1.83. The minimum Gasteiger partial charge on any atom is -0.493 e. The second-order valence-electron chi connectivity index (χ2n) is 8.76. The van der Waals surface area contributed by atoms with Gasteiger partial charge in [0.2, 0.25) is 10.0 Å². The Morgan fingerprint density at radius 2 is 1.68 bits per heavy atom. The number of rotatable bonds is 11. The first kappa shape index (κ1) is 29.2. The predicted octanol–water partition coefficient (Wildman–Crippen LogP) is 5.01. The molecule has 0 spiro atoms. The molecule has 0 aliphatic rings. The van der Waals surface area contributed by atoms with Gasteiger partial charge in [-0.1, -0.05) is 41.4 Å². The highest BCUT2D eigenvalue weighted by Crippen LogP contribution is 2.28. The van der Waals surface area contributed by atoms with E-state index in [1.807, 2.05) is 26.0 Å². The maximum atomic E-state index is 13.8. The van der Waals surface area contributed by atoms with Gasteiger partial charge < -0.3 is 9.47 Å². The summed E-state index contributed by atoms with van der Waals surface area (Å²) in [6.07, 6.45) is 1.45. The van der Waals surface area contributed by atoms with Gasteiger partial charge in [0.05, 0.1) is 31.4 Å². The number of benzene rings is 3. The minimum atomic E-state index is -4.02. The van der Waals surface area contributed by atoms with Gasteiger partial charge in [-0.2, -0.15) is 9.41 Å². The Labute approximate surface area is 229 Å². The zero-order valence-corrected chi connectivity index (χ0v) is 23.7. The molecule has 3 rings (SSSR count). The molecule has 0 aliphatic heterocycles. The molecule has 0 fully saturated rings. The van der Waals surface area contributed by atoms with Crippen molar-refractivity contribution in [2.24, 2.45) is 5.10 Å². The van der Waals surface area contributed by atoms with Crippen LogP contribution in [0.15, 0.2) is 64.6 Å². The summed E-state index contributed by atoms with van der Waals surface area (Å²) in [5.41, 5.74) is 5.98. The Kier molecular flexibility index (Phi) is 9.90. The van der Waals surface area contributed by atoms with Gasteiger partial charge in [-0.25, -0.2) is 13.8 Å². The smallest absolute Gasteiger partial charge is 0.255 e. The molecule has 1 N–H and O–H groups in total. The molecule has 8 nitrogen and oxygen atoms in total. The molecule has 0 radical (unpaired) electrons. The number of hydrazone groups is 1. The van der Waals surface area contributed by atoms with Crippen LogP contribution in [0.2, 0.25) is 5.02 Å². The second-order valence-corrected chi connectivity index (χ2v) is 11.1. The van der Waals surface area contributed by atoms with Gasteiger partial charge >= 0.3 is 0 Å². The molecule has 3 aromatic rings. The standard InChI is InChI=1S/C28H32ClN3O5S/c1-6-37-25-12-9-23(15-26(25)36-5)16-30-31-27(33)18-32(17-22-7-10-24(29)11-8-22)38(34,35)28-20(3)13-19(2)14-21(28)4/h7-16H,6,17-18H2,1-5H3,(H,31,33)/b30-16+. The number of nitrogens with one attached hydrogen (secondary N) is 1. The lowest BCUT2D eigenvalue weighted by molar-refractivity contribution is -0.121. The zero-order valence-electron chi connectivity index (χ0n) is 22.1. The SMILES string of the molecule is CCOc1ccc(/C=N/NC(=O)CN(Cc2ccc(Cl)cc2)S(=O)(=O)c2c(C)cc(C)cc2C)cc1OC. The van der Waals surface area contributed by atoms with Crippen molar-refractivity contribution in [1.29, 1.82) is 0 Å². The van der Waals surface area contributed by atoms with Crippen LogP contribution in [-0.4, -0.2) is 45.1 Å². The molecule has 1 amide bonds. The molecule has 0 aromatic heterocycles. The Bertz CT molecular complexity index is 1400. The largest absolute Gasteiger partial charge is 0.493 e. The predicted molar refractivity (Wildman–Crippen MR) is 150 cm³/mol. The molecule has 0 atom stereocenters. The van der Waals surface area contributed by atoms with Crippen molar-refractivity contribution >= 4 is 33.7 Å². The molecule has 0 unspecified atom stereocenters. The van der Waals surface area contributed by atoms with E-state index >= 15 is 0 Å². The van der Waals surface area contributed by atoms with E-state index in [0.29, 0.717) is 45.4 Å². The Hall–Kier alpha value is -3.40. The van der Waals surface area contributed by atoms with Crippen LogP contribution in [0.1, 0.15) is 34.7 Å². The monoisotopic (exact) mass is 557 g/mol. The molecule has 0 bridgehead atoms. The highest BCUT2D eigenvalue weighted by atomic mass is 35.5. The van der Waals surface area contributed by atoms with Crippen LogP contribution in [0.3, 0.4) is 0 Å². The van der Waals surface area contributed by atoms with Crippen molar-refractivity contribution in [2.45, 2.75) is 39.1 Å². The van der Waals surface area contributed by atoms with Gasteiger partial charge in [-0.3, -0.25) is 4.79 Å². The zero-order chi connectivity index (χ0) is 27.9. The number of ether oxygens (including phenoxy) is 2. The third-order valence-electron chi connectivity index (χ3n) is 5.69. The van der Waals surface area contributed by atoms with E-state index in [-0.39, 0.29) is 11.4 Å². The van der Waals surface area contributed by atoms with E-state index in [9.17, 15) is 13.2 Å². The maximum Gasteiger partial charge on any atom is 0.255 e. The first-order valence-corrected chi connectivity index (χ1v) is 13.8. The molecule has 0 saturated carbocycles. The summed E-state index contributed by atoms with van der Waals surface area (Å²) in [7, 11) is -2.49. The van der Waals surface area contributed by atoms with E-state index < -0.39 is 22.5 Å². The average molecular weight is 558 g/mol. The fourth-order valence-electron chi connectivity index (χ4n) is 4.14. The fourth-order valence-corrected chi connectivity index (χ4v) is 6.06. The molecular formula is C28H32ClN3O5S. The van der Waals surface area contributed by atoms with Gasteiger partial charge in [0.15, 0.2) is 11.5 Å². The van der Waals surface area contributed by atoms with Gasteiger partial charge in [0, 0.05) is 11.6 Å². The summed E-state index contributed by atoms with van der Waals surface area (Å²) < 4.78 is 39.6. The highest BCUT2D eigenvalue weighted by Gasteiger charge is 2.30. The summed E-state index contributed by atoms with van der Waals surface area (Å²) >= 11 is 6.00. The molecule has 202 valence electrons. The summed E-state index contributed by atoms with van der Waals surface area (Å²) in [6.45, 7) is 7.35. The lowest BCUT2D eigenvalue weighted by Gasteiger charge is -2.24. The number of hydrogen-bond donors (Lipinski definition) is 1. The van der Waals surface area contributed by atoms with E-state index in [2.05, 4.69) is 10.5 Å². The van der Waals surface area contributed by atoms with Crippen molar-refractivity contribution in [3.05, 3.63) is 87.4 Å². The Morgan fingerprint density at radius 3 is 2.29 bits per heavy atom. The van der Waals surface area contributed by atoms with Crippen LogP contribution in [0, 0.1) is 20.8 Å². The van der Waals surface area contributed by atoms with E-state index in [1.54, 1.807) is 56.3 Å². The summed E-state index contributed by atoms with van der Waals surface area (Å²) in [5, 5.41) is 4.54. The van der Waals surface area contributed by atoms with E-state index in [4.69, 9.17) is 21.1 Å². The van der Waals surface area contributed by atoms with Crippen LogP contribution in [0.5, 0.6) is 11.5 Å². The van der Waals surface area contributed by atoms with Gasteiger partial charge in [-0.15, -0.1) is 0 Å². The molecule has 10 heteroatoms. The Morgan fingerprint density at radius 1 is 1.03 bits per heavy atom. The van der Waals surface area contributed by atoms with E-state index in [1.165, 1.54) is 13.3 Å². The van der Waals surface area contributed by atoms with Gasteiger partial charge in [0.25, 0.3) is 5.91 Å². The topological polar surface area (TPSA) is 97.3 Å². The molecule has 0 saturated heterocycles. The minimum absolute atomic E-state index is 0.0144. The number of hydrogen-bond acceptors (Lipinski definition) is 6. The number of aryl methyl sites for hydroxylation is 3. The van der Waals surface area contributed by atoms with Crippen LogP contribution in [0.4, 0.5) is 0 Å². The van der Waals surface area contributed by atoms with Crippen molar-refractivity contribution < 1.29 is 22.7 Å².